The minimum absolute atomic E-state index is 0.325. The molecule has 1 aromatic carbocycles. The second kappa shape index (κ2) is 7.89. The van der Waals surface area contributed by atoms with Crippen LogP contribution < -0.4 is 19.7 Å². The molecule has 1 fully saturated rings. The molecule has 6 heteroatoms. The number of ether oxygens (including phenoxy) is 3. The Kier molecular flexibility index (Phi) is 5.60. The normalized spacial score (nSPS) is 17.0. The zero-order valence-corrected chi connectivity index (χ0v) is 15.5. The molecule has 1 atom stereocenters. The Morgan fingerprint density at radius 1 is 1.24 bits per heavy atom. The number of benzene rings is 1. The molecule has 3 rings (SSSR count). The van der Waals surface area contributed by atoms with Gasteiger partial charge in [0.2, 0.25) is 0 Å². The maximum absolute atomic E-state index is 5.68. The van der Waals surface area contributed by atoms with Crippen LogP contribution in [0.5, 0.6) is 11.5 Å². The highest BCUT2D eigenvalue weighted by Gasteiger charge is 2.17. The third kappa shape index (κ3) is 3.80. The van der Waals surface area contributed by atoms with Crippen molar-refractivity contribution in [3.63, 3.8) is 0 Å². The van der Waals surface area contributed by atoms with E-state index in [1.54, 1.807) is 14.2 Å². The van der Waals surface area contributed by atoms with E-state index in [-0.39, 0.29) is 0 Å². The molecule has 1 aliphatic heterocycles. The summed E-state index contributed by atoms with van der Waals surface area (Å²) in [5.41, 5.74) is 1.94. The van der Waals surface area contributed by atoms with Crippen molar-refractivity contribution < 1.29 is 14.2 Å². The van der Waals surface area contributed by atoms with Crippen LogP contribution in [0.1, 0.15) is 18.4 Å². The van der Waals surface area contributed by atoms with Gasteiger partial charge in [0.25, 0.3) is 0 Å². The van der Waals surface area contributed by atoms with Crippen molar-refractivity contribution in [2.45, 2.75) is 25.5 Å². The van der Waals surface area contributed by atoms with E-state index >= 15 is 0 Å². The second-order valence-electron chi connectivity index (χ2n) is 6.50. The first-order valence-electron chi connectivity index (χ1n) is 8.68. The highest BCUT2D eigenvalue weighted by molar-refractivity contribution is 5.92. The summed E-state index contributed by atoms with van der Waals surface area (Å²) in [6, 6.07) is 5.95. The number of nitrogens with one attached hydrogen (secondary N) is 1. The van der Waals surface area contributed by atoms with Crippen LogP contribution in [0.15, 0.2) is 18.2 Å². The molecule has 0 spiro atoms. The third-order valence-corrected chi connectivity index (χ3v) is 4.54. The molecule has 0 radical (unpaired) electrons. The number of methoxy groups -OCH3 is 2. The summed E-state index contributed by atoms with van der Waals surface area (Å²) in [7, 11) is 7.35. The maximum atomic E-state index is 5.68. The van der Waals surface area contributed by atoms with E-state index in [0.717, 1.165) is 66.3 Å². The van der Waals surface area contributed by atoms with Gasteiger partial charge in [-0.2, -0.15) is 0 Å². The fraction of sp³-hybridized carbons (Fsp3) is 0.526. The average Bonchev–Trinajstić information content (AvgIpc) is 3.13. The maximum Gasteiger partial charge on any atom is 0.145 e. The first kappa shape index (κ1) is 17.8. The SMILES string of the molecule is COc1ccc(OC)c2nc(N(C)C)c(CNC[C@@H]3CCCO3)cc12. The van der Waals surface area contributed by atoms with Gasteiger partial charge < -0.3 is 24.4 Å². The lowest BCUT2D eigenvalue weighted by molar-refractivity contribution is 0.110. The topological polar surface area (TPSA) is 55.9 Å². The molecule has 2 aromatic rings. The Hall–Kier alpha value is -2.05. The zero-order chi connectivity index (χ0) is 17.8. The fourth-order valence-corrected chi connectivity index (χ4v) is 3.27. The highest BCUT2D eigenvalue weighted by atomic mass is 16.5. The van der Waals surface area contributed by atoms with E-state index in [0.29, 0.717) is 6.10 Å². The summed E-state index contributed by atoms with van der Waals surface area (Å²) in [6.45, 7) is 2.47. The number of hydrogen-bond donors (Lipinski definition) is 1. The Morgan fingerprint density at radius 3 is 2.64 bits per heavy atom. The molecule has 2 heterocycles. The van der Waals surface area contributed by atoms with E-state index in [1.807, 2.05) is 31.1 Å². The lowest BCUT2D eigenvalue weighted by Gasteiger charge is -2.20. The monoisotopic (exact) mass is 345 g/mol. The lowest BCUT2D eigenvalue weighted by atomic mass is 10.1. The minimum Gasteiger partial charge on any atom is -0.496 e. The average molecular weight is 345 g/mol. The van der Waals surface area contributed by atoms with Gasteiger partial charge in [-0.1, -0.05) is 0 Å². The second-order valence-corrected chi connectivity index (χ2v) is 6.50. The number of anilines is 1. The number of nitrogens with zero attached hydrogens (tertiary/aromatic N) is 2. The summed E-state index contributed by atoms with van der Waals surface area (Å²) < 4.78 is 16.7. The van der Waals surface area contributed by atoms with Crippen molar-refractivity contribution in [3.05, 3.63) is 23.8 Å². The van der Waals surface area contributed by atoms with Crippen molar-refractivity contribution >= 4 is 16.7 Å². The van der Waals surface area contributed by atoms with E-state index in [4.69, 9.17) is 19.2 Å². The number of hydrogen-bond acceptors (Lipinski definition) is 6. The van der Waals surface area contributed by atoms with Gasteiger partial charge in [-0.05, 0) is 31.0 Å². The lowest BCUT2D eigenvalue weighted by Crippen LogP contribution is -2.27. The fourth-order valence-electron chi connectivity index (χ4n) is 3.27. The van der Waals surface area contributed by atoms with Crippen LogP contribution in [0.25, 0.3) is 10.9 Å². The summed E-state index contributed by atoms with van der Waals surface area (Å²) >= 11 is 0. The number of rotatable bonds is 7. The van der Waals surface area contributed by atoms with Crippen molar-refractivity contribution in [1.82, 2.24) is 10.3 Å². The number of aromatic nitrogens is 1. The molecule has 0 saturated carbocycles. The zero-order valence-electron chi connectivity index (χ0n) is 15.5. The molecule has 6 nitrogen and oxygen atoms in total. The highest BCUT2D eigenvalue weighted by Crippen LogP contribution is 2.35. The summed E-state index contributed by atoms with van der Waals surface area (Å²) in [4.78, 5) is 6.88. The van der Waals surface area contributed by atoms with Gasteiger partial charge in [-0.3, -0.25) is 0 Å². The van der Waals surface area contributed by atoms with Gasteiger partial charge in [0.15, 0.2) is 0 Å². The molecular formula is C19H27N3O3. The summed E-state index contributed by atoms with van der Waals surface area (Å²) in [6.07, 6.45) is 2.61. The molecule has 1 saturated heterocycles. The first-order valence-corrected chi connectivity index (χ1v) is 8.68. The summed E-state index contributed by atoms with van der Waals surface area (Å²) in [5.74, 6) is 2.48. The van der Waals surface area contributed by atoms with Gasteiger partial charge in [0.1, 0.15) is 22.8 Å². The first-order chi connectivity index (χ1) is 12.1. The Balaban J connectivity index is 1.93. The standard InChI is InChI=1S/C19H27N3O3/c1-22(2)19-13(11-20-12-14-6-5-9-25-14)10-15-16(23-3)7-8-17(24-4)18(15)21-19/h7-8,10,14,20H,5-6,9,11-12H2,1-4H3/t14-/m0/s1. The molecule has 0 amide bonds. The van der Waals surface area contributed by atoms with Gasteiger partial charge in [-0.15, -0.1) is 0 Å². The Labute approximate surface area is 149 Å². The largest absolute Gasteiger partial charge is 0.496 e. The van der Waals surface area contributed by atoms with Crippen molar-refractivity contribution in [2.24, 2.45) is 0 Å². The predicted molar refractivity (Wildman–Crippen MR) is 99.9 cm³/mol. The molecule has 25 heavy (non-hydrogen) atoms. The molecule has 0 unspecified atom stereocenters. The number of fused-ring (bicyclic) bond motifs is 1. The van der Waals surface area contributed by atoms with E-state index in [1.165, 1.54) is 0 Å². The summed E-state index contributed by atoms with van der Waals surface area (Å²) in [5, 5.41) is 4.47. The van der Waals surface area contributed by atoms with Gasteiger partial charge in [0, 0.05) is 44.7 Å². The van der Waals surface area contributed by atoms with Crippen LogP contribution in [0, 0.1) is 0 Å². The van der Waals surface area contributed by atoms with Gasteiger partial charge >= 0.3 is 0 Å². The molecular weight excluding hydrogens is 318 g/mol. The quantitative estimate of drug-likeness (QED) is 0.832. The smallest absolute Gasteiger partial charge is 0.145 e. The van der Waals surface area contributed by atoms with Gasteiger partial charge in [0.05, 0.1) is 20.3 Å². The van der Waals surface area contributed by atoms with Crippen LogP contribution in [0.2, 0.25) is 0 Å². The Bertz CT molecular complexity index is 727. The molecule has 0 bridgehead atoms. The molecule has 1 aliphatic rings. The van der Waals surface area contributed by atoms with E-state index in [2.05, 4.69) is 11.4 Å². The molecule has 136 valence electrons. The minimum atomic E-state index is 0.325. The molecule has 1 aromatic heterocycles. The predicted octanol–water partition coefficient (Wildman–Crippen LogP) is 2.59. The van der Waals surface area contributed by atoms with Crippen LogP contribution in [-0.2, 0) is 11.3 Å². The van der Waals surface area contributed by atoms with E-state index < -0.39 is 0 Å². The van der Waals surface area contributed by atoms with Crippen molar-refractivity contribution in [2.75, 3.05) is 46.4 Å². The van der Waals surface area contributed by atoms with Gasteiger partial charge in [-0.25, -0.2) is 4.98 Å². The molecule has 0 aliphatic carbocycles. The molecule has 1 N–H and O–H groups in total. The third-order valence-electron chi connectivity index (χ3n) is 4.54. The van der Waals surface area contributed by atoms with Crippen LogP contribution in [0.3, 0.4) is 0 Å². The van der Waals surface area contributed by atoms with Crippen LogP contribution in [-0.4, -0.2) is 52.6 Å². The Morgan fingerprint density at radius 2 is 2.00 bits per heavy atom. The van der Waals surface area contributed by atoms with Crippen LogP contribution in [0.4, 0.5) is 5.82 Å². The van der Waals surface area contributed by atoms with Crippen molar-refractivity contribution in [3.8, 4) is 11.5 Å². The number of pyridine rings is 1. The van der Waals surface area contributed by atoms with Crippen molar-refractivity contribution in [1.29, 1.82) is 0 Å². The van der Waals surface area contributed by atoms with E-state index in [9.17, 15) is 0 Å². The van der Waals surface area contributed by atoms with Crippen LogP contribution >= 0.6 is 0 Å².